The van der Waals surface area contributed by atoms with Crippen molar-refractivity contribution in [3.8, 4) is 0 Å². The van der Waals surface area contributed by atoms with Crippen LogP contribution in [0.1, 0.15) is 26.2 Å². The van der Waals surface area contributed by atoms with E-state index in [0.29, 0.717) is 5.25 Å². The number of rotatable bonds is 5. The molecule has 1 aliphatic carbocycles. The molecule has 1 aliphatic rings. The van der Waals surface area contributed by atoms with Crippen molar-refractivity contribution in [1.29, 1.82) is 0 Å². The molecule has 0 spiro atoms. The summed E-state index contributed by atoms with van der Waals surface area (Å²) in [6, 6.07) is 0.0455. The maximum atomic E-state index is 11.9. The highest BCUT2D eigenvalue weighted by Gasteiger charge is 2.29. The van der Waals surface area contributed by atoms with E-state index in [4.69, 9.17) is 5.11 Å². The Hall–Kier alpha value is -0.910. The van der Waals surface area contributed by atoms with Gasteiger partial charge in [0.25, 0.3) is 0 Å². The topological polar surface area (TPSA) is 69.6 Å². The number of aliphatic carboxylic acids is 1. The summed E-state index contributed by atoms with van der Waals surface area (Å²) in [5, 5.41) is 12.3. The largest absolute Gasteiger partial charge is 0.481 e. The van der Waals surface area contributed by atoms with Crippen LogP contribution < -0.4 is 5.32 Å². The van der Waals surface area contributed by atoms with Crippen molar-refractivity contribution < 1.29 is 14.7 Å². The molecule has 0 heterocycles. The van der Waals surface area contributed by atoms with E-state index in [1.165, 1.54) is 4.90 Å². The Morgan fingerprint density at radius 3 is 2.72 bits per heavy atom. The number of thioether (sulfide) groups is 1. The van der Waals surface area contributed by atoms with Crippen LogP contribution in [0.25, 0.3) is 0 Å². The molecule has 0 aromatic carbocycles. The van der Waals surface area contributed by atoms with Gasteiger partial charge in [-0.3, -0.25) is 4.79 Å². The molecule has 0 aliphatic heterocycles. The standard InChI is InChI=1S/C12H22N2O3S/c1-8(11(15)16)7-14(2)12(17)13-9-5-4-6-10(9)18-3/h8-10H,4-7H2,1-3H3,(H,13,17)(H,15,16). The first-order valence-corrected chi connectivity index (χ1v) is 7.51. The van der Waals surface area contributed by atoms with Crippen LogP contribution in [0, 0.1) is 5.92 Å². The van der Waals surface area contributed by atoms with Gasteiger partial charge in [0.05, 0.1) is 5.92 Å². The van der Waals surface area contributed by atoms with Crippen molar-refractivity contribution in [1.82, 2.24) is 10.2 Å². The average Bonchev–Trinajstić information content (AvgIpc) is 2.75. The molecule has 5 nitrogen and oxygen atoms in total. The second kappa shape index (κ2) is 6.87. The molecule has 1 fully saturated rings. The van der Waals surface area contributed by atoms with Crippen LogP contribution in [0.3, 0.4) is 0 Å². The van der Waals surface area contributed by atoms with Gasteiger partial charge in [0.2, 0.25) is 0 Å². The second-order valence-electron chi connectivity index (χ2n) is 4.88. The highest BCUT2D eigenvalue weighted by Crippen LogP contribution is 2.28. The minimum absolute atomic E-state index is 0.172. The molecule has 2 amide bonds. The monoisotopic (exact) mass is 274 g/mol. The third-order valence-electron chi connectivity index (χ3n) is 3.38. The molecule has 18 heavy (non-hydrogen) atoms. The van der Waals surface area contributed by atoms with Gasteiger partial charge in [-0.15, -0.1) is 0 Å². The Bertz CT molecular complexity index is 312. The Morgan fingerprint density at radius 2 is 2.17 bits per heavy atom. The first kappa shape index (κ1) is 15.1. The maximum Gasteiger partial charge on any atom is 0.317 e. The number of carboxylic acids is 1. The molecule has 0 bridgehead atoms. The third kappa shape index (κ3) is 4.08. The average molecular weight is 274 g/mol. The van der Waals surface area contributed by atoms with E-state index in [1.807, 2.05) is 0 Å². The van der Waals surface area contributed by atoms with E-state index in [-0.39, 0.29) is 18.6 Å². The van der Waals surface area contributed by atoms with Gasteiger partial charge in [-0.1, -0.05) is 13.3 Å². The van der Waals surface area contributed by atoms with Crippen molar-refractivity contribution in [2.24, 2.45) is 5.92 Å². The summed E-state index contributed by atoms with van der Waals surface area (Å²) in [7, 11) is 1.64. The highest BCUT2D eigenvalue weighted by molar-refractivity contribution is 7.99. The molecule has 2 N–H and O–H groups in total. The second-order valence-corrected chi connectivity index (χ2v) is 5.96. The SMILES string of the molecule is CSC1CCCC1NC(=O)N(C)CC(C)C(=O)O. The summed E-state index contributed by atoms with van der Waals surface area (Å²) in [5.41, 5.74) is 0. The van der Waals surface area contributed by atoms with Crippen LogP contribution >= 0.6 is 11.8 Å². The zero-order chi connectivity index (χ0) is 13.7. The lowest BCUT2D eigenvalue weighted by atomic mass is 10.2. The molecule has 0 aromatic heterocycles. The first-order valence-electron chi connectivity index (χ1n) is 6.23. The van der Waals surface area contributed by atoms with Gasteiger partial charge in [-0.05, 0) is 19.1 Å². The van der Waals surface area contributed by atoms with Crippen LogP contribution in [-0.4, -0.2) is 53.1 Å². The summed E-state index contributed by atoms with van der Waals surface area (Å²) >= 11 is 1.79. The zero-order valence-corrected chi connectivity index (χ0v) is 12.0. The van der Waals surface area contributed by atoms with E-state index >= 15 is 0 Å². The summed E-state index contributed by atoms with van der Waals surface area (Å²) in [6.07, 6.45) is 5.36. The van der Waals surface area contributed by atoms with Gasteiger partial charge < -0.3 is 15.3 Å². The quantitative estimate of drug-likeness (QED) is 0.799. The molecular formula is C12H22N2O3S. The van der Waals surface area contributed by atoms with Gasteiger partial charge in [-0.25, -0.2) is 4.79 Å². The third-order valence-corrected chi connectivity index (χ3v) is 4.55. The van der Waals surface area contributed by atoms with E-state index in [9.17, 15) is 9.59 Å². The van der Waals surface area contributed by atoms with Crippen molar-refractivity contribution >= 4 is 23.8 Å². The minimum Gasteiger partial charge on any atom is -0.481 e. The number of carbonyl (C=O) groups is 2. The Kier molecular flexibility index (Phi) is 5.78. The fraction of sp³-hybridized carbons (Fsp3) is 0.833. The van der Waals surface area contributed by atoms with Gasteiger partial charge in [0.15, 0.2) is 0 Å². The minimum atomic E-state index is -0.877. The van der Waals surface area contributed by atoms with Gasteiger partial charge in [-0.2, -0.15) is 11.8 Å². The normalized spacial score (nSPS) is 24.6. The predicted molar refractivity (Wildman–Crippen MR) is 72.9 cm³/mol. The molecule has 0 aromatic rings. The van der Waals surface area contributed by atoms with E-state index in [0.717, 1.165) is 19.3 Å². The van der Waals surface area contributed by atoms with Crippen molar-refractivity contribution in [2.45, 2.75) is 37.5 Å². The summed E-state index contributed by atoms with van der Waals surface area (Å²) in [5.74, 6) is -1.42. The molecule has 6 heteroatoms. The summed E-state index contributed by atoms with van der Waals surface area (Å²) in [6.45, 7) is 1.84. The fourth-order valence-electron chi connectivity index (χ4n) is 2.21. The lowest BCUT2D eigenvalue weighted by Crippen LogP contribution is -2.47. The first-order chi connectivity index (χ1) is 8.45. The van der Waals surface area contributed by atoms with Crippen molar-refractivity contribution in [3.05, 3.63) is 0 Å². The molecule has 3 atom stereocenters. The summed E-state index contributed by atoms with van der Waals surface area (Å²) in [4.78, 5) is 24.1. The number of hydrogen-bond donors (Lipinski definition) is 2. The van der Waals surface area contributed by atoms with E-state index in [1.54, 1.807) is 25.7 Å². The zero-order valence-electron chi connectivity index (χ0n) is 11.2. The Labute approximate surface area is 112 Å². The van der Waals surface area contributed by atoms with Crippen LogP contribution in [0.5, 0.6) is 0 Å². The smallest absolute Gasteiger partial charge is 0.317 e. The molecule has 104 valence electrons. The lowest BCUT2D eigenvalue weighted by Gasteiger charge is -2.25. The molecule has 0 radical (unpaired) electrons. The molecule has 0 saturated heterocycles. The predicted octanol–water partition coefficient (Wildman–Crippen LogP) is 1.63. The number of urea groups is 1. The molecular weight excluding hydrogens is 252 g/mol. The van der Waals surface area contributed by atoms with Crippen LogP contribution in [0.2, 0.25) is 0 Å². The molecule has 1 saturated carbocycles. The van der Waals surface area contributed by atoms with Gasteiger partial charge in [0, 0.05) is 24.9 Å². The number of carboxylic acid groups (broad SMARTS) is 1. The lowest BCUT2D eigenvalue weighted by molar-refractivity contribution is -0.141. The molecule has 3 unspecified atom stereocenters. The van der Waals surface area contributed by atoms with Crippen LogP contribution in [0.4, 0.5) is 4.79 Å². The number of hydrogen-bond acceptors (Lipinski definition) is 3. The fourth-order valence-corrected chi connectivity index (χ4v) is 3.15. The van der Waals surface area contributed by atoms with Crippen LogP contribution in [-0.2, 0) is 4.79 Å². The number of nitrogens with one attached hydrogen (secondary N) is 1. The maximum absolute atomic E-state index is 11.9. The van der Waals surface area contributed by atoms with Crippen molar-refractivity contribution in [2.75, 3.05) is 19.8 Å². The highest BCUT2D eigenvalue weighted by atomic mass is 32.2. The van der Waals surface area contributed by atoms with Crippen LogP contribution in [0.15, 0.2) is 0 Å². The Balaban J connectivity index is 2.42. The van der Waals surface area contributed by atoms with E-state index < -0.39 is 11.9 Å². The number of carbonyl (C=O) groups excluding carboxylic acids is 1. The number of amides is 2. The molecule has 1 rings (SSSR count). The van der Waals surface area contributed by atoms with E-state index in [2.05, 4.69) is 11.6 Å². The van der Waals surface area contributed by atoms with Gasteiger partial charge in [0.1, 0.15) is 0 Å². The number of nitrogens with zero attached hydrogens (tertiary/aromatic N) is 1. The van der Waals surface area contributed by atoms with Crippen molar-refractivity contribution in [3.63, 3.8) is 0 Å². The summed E-state index contributed by atoms with van der Waals surface area (Å²) < 4.78 is 0. The Morgan fingerprint density at radius 1 is 1.50 bits per heavy atom. The van der Waals surface area contributed by atoms with Gasteiger partial charge >= 0.3 is 12.0 Å².